The van der Waals surface area contributed by atoms with Gasteiger partial charge in [0.25, 0.3) is 0 Å². The maximum Gasteiger partial charge on any atom is 0.325 e. The summed E-state index contributed by atoms with van der Waals surface area (Å²) in [7, 11) is 2.15. The number of H-pyrrole nitrogens is 2. The lowest BCUT2D eigenvalue weighted by Gasteiger charge is -2.33. The summed E-state index contributed by atoms with van der Waals surface area (Å²) in [5.74, 6) is 3.60. The Balaban J connectivity index is 1.30. The second-order valence-electron chi connectivity index (χ2n) is 9.10. The molecular formula is C24H28N8O. The van der Waals surface area contributed by atoms with Gasteiger partial charge in [0.2, 0.25) is 0 Å². The van der Waals surface area contributed by atoms with E-state index < -0.39 is 0 Å². The molecule has 0 atom stereocenters. The Kier molecular flexibility index (Phi) is 4.91. The molecular weight excluding hydrogens is 416 g/mol. The summed E-state index contributed by atoms with van der Waals surface area (Å²) in [6.07, 6.45) is 2.46. The van der Waals surface area contributed by atoms with Gasteiger partial charge in [-0.05, 0) is 51.1 Å². The number of hydrogen-bond donors (Lipinski definition) is 3. The summed E-state index contributed by atoms with van der Waals surface area (Å²) in [6, 6.07) is 12.4. The van der Waals surface area contributed by atoms with Gasteiger partial charge in [0, 0.05) is 66.5 Å². The first-order valence-electron chi connectivity index (χ1n) is 11.5. The molecule has 4 aromatic rings. The van der Waals surface area contributed by atoms with Gasteiger partial charge in [0.05, 0.1) is 0 Å². The average molecular weight is 445 g/mol. The van der Waals surface area contributed by atoms with Crippen LogP contribution in [0.15, 0.2) is 36.4 Å². The van der Waals surface area contributed by atoms with Crippen LogP contribution in [0, 0.1) is 6.92 Å². The minimum Gasteiger partial charge on any atom is -0.424 e. The highest BCUT2D eigenvalue weighted by Crippen LogP contribution is 2.39. The molecule has 2 aliphatic rings. The monoisotopic (exact) mass is 444 g/mol. The van der Waals surface area contributed by atoms with Crippen molar-refractivity contribution in [3.8, 4) is 11.8 Å². The van der Waals surface area contributed by atoms with Crippen LogP contribution in [0.1, 0.15) is 30.1 Å². The molecule has 3 aromatic heterocycles. The molecule has 4 heterocycles. The summed E-state index contributed by atoms with van der Waals surface area (Å²) < 4.78 is 6.14. The molecule has 0 bridgehead atoms. The van der Waals surface area contributed by atoms with Gasteiger partial charge in [0.15, 0.2) is 5.82 Å². The Morgan fingerprint density at radius 3 is 2.67 bits per heavy atom. The number of nitrogens with zero attached hydrogens (tertiary/aromatic N) is 5. The van der Waals surface area contributed by atoms with Crippen molar-refractivity contribution in [3.63, 3.8) is 0 Å². The standard InChI is InChI=1S/C24H28N8O/c1-15-11-17-12-18(5-6-19(17)25-15)33-24-27-21(26-22-13-20(29-30-22)16-3-4-16)14-23(28-24)32-9-7-31(2)8-10-32/h5-6,11-14,16,25H,3-4,7-10H2,1-2H3,(H2,26,27,28,29,30). The van der Waals surface area contributed by atoms with Gasteiger partial charge < -0.3 is 24.8 Å². The van der Waals surface area contributed by atoms with Crippen LogP contribution in [0.3, 0.4) is 0 Å². The van der Waals surface area contributed by atoms with E-state index in [4.69, 9.17) is 9.72 Å². The van der Waals surface area contributed by atoms with Gasteiger partial charge in [-0.15, -0.1) is 0 Å². The molecule has 33 heavy (non-hydrogen) atoms. The minimum atomic E-state index is 0.318. The van der Waals surface area contributed by atoms with Crippen molar-refractivity contribution in [1.82, 2.24) is 30.0 Å². The molecule has 2 fully saturated rings. The zero-order valence-corrected chi connectivity index (χ0v) is 18.9. The van der Waals surface area contributed by atoms with Crippen molar-refractivity contribution < 1.29 is 4.74 Å². The van der Waals surface area contributed by atoms with Gasteiger partial charge >= 0.3 is 6.01 Å². The van der Waals surface area contributed by atoms with Crippen molar-refractivity contribution in [2.24, 2.45) is 0 Å². The van der Waals surface area contributed by atoms with Crippen molar-refractivity contribution >= 4 is 28.4 Å². The fourth-order valence-corrected chi connectivity index (χ4v) is 4.28. The Morgan fingerprint density at radius 2 is 1.85 bits per heavy atom. The number of nitrogens with one attached hydrogen (secondary N) is 3. The molecule has 1 aliphatic carbocycles. The number of ether oxygens (including phenoxy) is 1. The normalized spacial score (nSPS) is 17.0. The third kappa shape index (κ3) is 4.36. The summed E-state index contributed by atoms with van der Waals surface area (Å²) >= 11 is 0. The van der Waals surface area contributed by atoms with E-state index in [1.807, 2.05) is 31.2 Å². The van der Waals surface area contributed by atoms with Gasteiger partial charge in [-0.2, -0.15) is 15.1 Å². The number of aromatic nitrogens is 5. The quantitative estimate of drug-likeness (QED) is 0.411. The summed E-state index contributed by atoms with van der Waals surface area (Å²) in [5.41, 5.74) is 3.38. The zero-order chi connectivity index (χ0) is 22.4. The summed E-state index contributed by atoms with van der Waals surface area (Å²) in [5, 5.41) is 12.0. The van der Waals surface area contributed by atoms with Gasteiger partial charge in [-0.25, -0.2) is 0 Å². The second-order valence-corrected chi connectivity index (χ2v) is 9.10. The van der Waals surface area contributed by atoms with Crippen molar-refractivity contribution in [1.29, 1.82) is 0 Å². The summed E-state index contributed by atoms with van der Waals surface area (Å²) in [6.45, 7) is 5.86. The fraction of sp³-hybridized carbons (Fsp3) is 0.375. The van der Waals surface area contributed by atoms with Crippen molar-refractivity contribution in [2.45, 2.75) is 25.7 Å². The largest absolute Gasteiger partial charge is 0.424 e. The maximum absolute atomic E-state index is 6.14. The molecule has 0 amide bonds. The lowest BCUT2D eigenvalue weighted by molar-refractivity contribution is 0.311. The molecule has 1 aromatic carbocycles. The first-order valence-corrected chi connectivity index (χ1v) is 11.5. The van der Waals surface area contributed by atoms with Gasteiger partial charge in [-0.1, -0.05) is 0 Å². The topological polar surface area (TPSA) is 98.0 Å². The number of aryl methyl sites for hydroxylation is 1. The van der Waals surface area contributed by atoms with E-state index in [1.54, 1.807) is 0 Å². The van der Waals surface area contributed by atoms with Crippen LogP contribution in [-0.4, -0.2) is 63.3 Å². The van der Waals surface area contributed by atoms with Crippen LogP contribution in [-0.2, 0) is 0 Å². The summed E-state index contributed by atoms with van der Waals surface area (Å²) in [4.78, 5) is 17.3. The molecule has 6 rings (SSSR count). The smallest absolute Gasteiger partial charge is 0.325 e. The molecule has 170 valence electrons. The first-order chi connectivity index (χ1) is 16.1. The number of aromatic amines is 2. The van der Waals surface area contributed by atoms with Crippen molar-refractivity contribution in [2.75, 3.05) is 43.4 Å². The Hall–Kier alpha value is -3.59. The number of rotatable bonds is 6. The number of benzene rings is 1. The Morgan fingerprint density at radius 1 is 1.00 bits per heavy atom. The molecule has 1 saturated heterocycles. The highest BCUT2D eigenvalue weighted by atomic mass is 16.5. The SMILES string of the molecule is Cc1cc2cc(Oc3nc(Nc4cc(C5CC5)[nH]n4)cc(N4CCN(C)CC4)n3)ccc2[nH]1. The predicted octanol–water partition coefficient (Wildman–Crippen LogP) is 4.15. The number of hydrogen-bond acceptors (Lipinski definition) is 7. The maximum atomic E-state index is 6.14. The highest BCUT2D eigenvalue weighted by molar-refractivity contribution is 5.81. The lowest BCUT2D eigenvalue weighted by atomic mass is 10.2. The molecule has 1 aliphatic heterocycles. The molecule has 1 saturated carbocycles. The Labute approximate surface area is 192 Å². The van der Waals surface area contributed by atoms with E-state index in [-0.39, 0.29) is 0 Å². The first kappa shape index (κ1) is 20.0. The van der Waals surface area contributed by atoms with Crippen molar-refractivity contribution in [3.05, 3.63) is 47.8 Å². The molecule has 9 heteroatoms. The van der Waals surface area contributed by atoms with Crippen LogP contribution in [0.25, 0.3) is 10.9 Å². The number of anilines is 3. The highest BCUT2D eigenvalue weighted by Gasteiger charge is 2.25. The predicted molar refractivity (Wildman–Crippen MR) is 129 cm³/mol. The van der Waals surface area contributed by atoms with Crippen LogP contribution in [0.2, 0.25) is 0 Å². The molecule has 3 N–H and O–H groups in total. The molecule has 9 nitrogen and oxygen atoms in total. The van der Waals surface area contributed by atoms with Crippen LogP contribution < -0.4 is 15.0 Å². The zero-order valence-electron chi connectivity index (χ0n) is 18.9. The molecule has 0 unspecified atom stereocenters. The third-order valence-electron chi connectivity index (χ3n) is 6.33. The van der Waals surface area contributed by atoms with E-state index in [0.717, 1.165) is 54.4 Å². The van der Waals surface area contributed by atoms with E-state index in [0.29, 0.717) is 23.5 Å². The van der Waals surface area contributed by atoms with Crippen LogP contribution in [0.5, 0.6) is 11.8 Å². The van der Waals surface area contributed by atoms with Crippen LogP contribution >= 0.6 is 0 Å². The van der Waals surface area contributed by atoms with E-state index >= 15 is 0 Å². The molecule has 0 radical (unpaired) electrons. The third-order valence-corrected chi connectivity index (χ3v) is 6.33. The fourth-order valence-electron chi connectivity index (χ4n) is 4.28. The van der Waals surface area contributed by atoms with E-state index in [2.05, 4.69) is 54.5 Å². The second kappa shape index (κ2) is 8.08. The number of fused-ring (bicyclic) bond motifs is 1. The minimum absolute atomic E-state index is 0.318. The average Bonchev–Trinajstić information content (AvgIpc) is 3.43. The number of likely N-dealkylation sites (N-methyl/N-ethyl adjacent to an activating group) is 1. The van der Waals surface area contributed by atoms with Gasteiger partial charge in [-0.3, -0.25) is 5.10 Å². The van der Waals surface area contributed by atoms with Gasteiger partial charge in [0.1, 0.15) is 17.4 Å². The molecule has 0 spiro atoms. The van der Waals surface area contributed by atoms with E-state index in [9.17, 15) is 0 Å². The Bertz CT molecular complexity index is 1280. The van der Waals surface area contributed by atoms with E-state index in [1.165, 1.54) is 18.5 Å². The number of piperazine rings is 1. The van der Waals surface area contributed by atoms with Crippen LogP contribution in [0.4, 0.5) is 17.5 Å². The lowest BCUT2D eigenvalue weighted by Crippen LogP contribution is -2.44.